The molecular formula is C14H17NO2. The number of carbonyl (C=O) groups excluding carboxylic acids is 1. The molecule has 1 aromatic carbocycles. The lowest BCUT2D eigenvalue weighted by atomic mass is 10.1. The third-order valence-corrected chi connectivity index (χ3v) is 3.87. The number of fused-ring (bicyclic) bond motifs is 1. The van der Waals surface area contributed by atoms with E-state index in [1.807, 2.05) is 29.2 Å². The molecule has 2 aliphatic rings. The monoisotopic (exact) mass is 231 g/mol. The van der Waals surface area contributed by atoms with E-state index in [2.05, 4.69) is 0 Å². The maximum atomic E-state index is 12.1. The minimum absolute atomic E-state index is 0.238. The van der Waals surface area contributed by atoms with Gasteiger partial charge in [0.1, 0.15) is 5.75 Å². The zero-order valence-electron chi connectivity index (χ0n) is 10.1. The minimum Gasteiger partial charge on any atom is -0.496 e. The van der Waals surface area contributed by atoms with Gasteiger partial charge in [0.2, 0.25) is 5.91 Å². The number of carbonyl (C=O) groups is 1. The van der Waals surface area contributed by atoms with Crippen molar-refractivity contribution in [1.82, 2.24) is 4.90 Å². The number of nitrogens with zero attached hydrogens (tertiary/aromatic N) is 1. The summed E-state index contributed by atoms with van der Waals surface area (Å²) in [6.45, 7) is 1.94. The Bertz CT molecular complexity index is 434. The fourth-order valence-electron chi connectivity index (χ4n) is 2.73. The molecule has 1 aromatic rings. The van der Waals surface area contributed by atoms with Crippen LogP contribution in [-0.2, 0) is 11.2 Å². The SMILES string of the molecule is COc1ccccc1CC(=O)N1CC2CC2C1. The van der Waals surface area contributed by atoms with E-state index in [1.165, 1.54) is 6.42 Å². The summed E-state index contributed by atoms with van der Waals surface area (Å²) in [5, 5.41) is 0. The van der Waals surface area contributed by atoms with E-state index in [1.54, 1.807) is 7.11 Å². The Hall–Kier alpha value is -1.51. The van der Waals surface area contributed by atoms with Gasteiger partial charge in [-0.15, -0.1) is 0 Å². The molecule has 0 spiro atoms. The Morgan fingerprint density at radius 3 is 2.76 bits per heavy atom. The summed E-state index contributed by atoms with van der Waals surface area (Å²) in [7, 11) is 1.65. The standard InChI is InChI=1S/C14H17NO2/c1-17-13-5-3-2-4-10(13)7-14(16)15-8-11-6-12(11)9-15/h2-5,11-12H,6-9H2,1H3. The molecule has 2 unspecified atom stereocenters. The first-order chi connectivity index (χ1) is 8.28. The smallest absolute Gasteiger partial charge is 0.227 e. The Balaban J connectivity index is 1.67. The third-order valence-electron chi connectivity index (χ3n) is 3.87. The second-order valence-corrected chi connectivity index (χ2v) is 5.04. The molecule has 0 radical (unpaired) electrons. The molecule has 0 bridgehead atoms. The van der Waals surface area contributed by atoms with E-state index < -0.39 is 0 Å². The summed E-state index contributed by atoms with van der Waals surface area (Å²) in [6, 6.07) is 7.75. The predicted molar refractivity (Wildman–Crippen MR) is 64.9 cm³/mol. The van der Waals surface area contributed by atoms with Crippen molar-refractivity contribution in [1.29, 1.82) is 0 Å². The maximum absolute atomic E-state index is 12.1. The number of methoxy groups -OCH3 is 1. The minimum atomic E-state index is 0.238. The summed E-state index contributed by atoms with van der Waals surface area (Å²) in [4.78, 5) is 14.1. The number of ether oxygens (including phenoxy) is 1. The molecule has 1 heterocycles. The van der Waals surface area contributed by atoms with Gasteiger partial charge in [-0.1, -0.05) is 18.2 Å². The average molecular weight is 231 g/mol. The molecule has 2 fully saturated rings. The van der Waals surface area contributed by atoms with E-state index >= 15 is 0 Å². The highest BCUT2D eigenvalue weighted by molar-refractivity contribution is 5.80. The van der Waals surface area contributed by atoms with Gasteiger partial charge >= 0.3 is 0 Å². The number of piperidine rings is 1. The molecule has 90 valence electrons. The van der Waals surface area contributed by atoms with E-state index in [0.29, 0.717) is 6.42 Å². The second-order valence-electron chi connectivity index (χ2n) is 5.04. The van der Waals surface area contributed by atoms with Gasteiger partial charge in [0.25, 0.3) is 0 Å². The van der Waals surface area contributed by atoms with E-state index in [9.17, 15) is 4.79 Å². The molecule has 0 aromatic heterocycles. The number of para-hydroxylation sites is 1. The zero-order valence-corrected chi connectivity index (χ0v) is 10.1. The molecule has 3 rings (SSSR count). The first-order valence-corrected chi connectivity index (χ1v) is 6.17. The molecule has 1 aliphatic heterocycles. The van der Waals surface area contributed by atoms with E-state index in [4.69, 9.17) is 4.74 Å². The topological polar surface area (TPSA) is 29.5 Å². The van der Waals surface area contributed by atoms with Crippen LogP contribution in [0.25, 0.3) is 0 Å². The molecule has 1 aliphatic carbocycles. The van der Waals surface area contributed by atoms with Crippen molar-refractivity contribution in [3.05, 3.63) is 29.8 Å². The van der Waals surface area contributed by atoms with Gasteiger partial charge in [-0.05, 0) is 24.3 Å². The number of likely N-dealkylation sites (tertiary alicyclic amines) is 1. The molecule has 1 saturated heterocycles. The fraction of sp³-hybridized carbons (Fsp3) is 0.500. The number of benzene rings is 1. The highest BCUT2D eigenvalue weighted by Crippen LogP contribution is 2.45. The number of amides is 1. The Morgan fingerprint density at radius 2 is 2.06 bits per heavy atom. The molecule has 17 heavy (non-hydrogen) atoms. The highest BCUT2D eigenvalue weighted by atomic mass is 16.5. The summed E-state index contributed by atoms with van der Waals surface area (Å²) in [5.74, 6) is 2.65. The summed E-state index contributed by atoms with van der Waals surface area (Å²) in [5.41, 5.74) is 0.987. The van der Waals surface area contributed by atoms with E-state index in [-0.39, 0.29) is 5.91 Å². The molecule has 1 saturated carbocycles. The van der Waals surface area contributed by atoms with Crippen LogP contribution in [0.1, 0.15) is 12.0 Å². The highest BCUT2D eigenvalue weighted by Gasteiger charge is 2.46. The lowest BCUT2D eigenvalue weighted by molar-refractivity contribution is -0.129. The maximum Gasteiger partial charge on any atom is 0.227 e. The van der Waals surface area contributed by atoms with Gasteiger partial charge in [-0.3, -0.25) is 4.79 Å². The molecule has 3 heteroatoms. The fourth-order valence-corrected chi connectivity index (χ4v) is 2.73. The first-order valence-electron chi connectivity index (χ1n) is 6.17. The van der Waals surface area contributed by atoms with Gasteiger partial charge in [-0.2, -0.15) is 0 Å². The molecule has 3 nitrogen and oxygen atoms in total. The van der Waals surface area contributed by atoms with Crippen molar-refractivity contribution in [2.24, 2.45) is 11.8 Å². The van der Waals surface area contributed by atoms with Crippen molar-refractivity contribution >= 4 is 5.91 Å². The third kappa shape index (κ3) is 2.02. The Kier molecular flexibility index (Phi) is 2.54. The molecule has 1 amide bonds. The van der Waals surface area contributed by atoms with Crippen LogP contribution in [0.3, 0.4) is 0 Å². The number of hydrogen-bond acceptors (Lipinski definition) is 2. The number of hydrogen-bond donors (Lipinski definition) is 0. The van der Waals surface area contributed by atoms with Crippen molar-refractivity contribution in [3.8, 4) is 5.75 Å². The van der Waals surface area contributed by atoms with Crippen LogP contribution in [-0.4, -0.2) is 31.0 Å². The summed E-state index contributed by atoms with van der Waals surface area (Å²) >= 11 is 0. The predicted octanol–water partition coefficient (Wildman–Crippen LogP) is 1.72. The Labute approximate surface area is 101 Å². The van der Waals surface area contributed by atoms with Crippen LogP contribution < -0.4 is 4.74 Å². The second kappa shape index (κ2) is 4.06. The first kappa shape index (κ1) is 10.6. The summed E-state index contributed by atoms with van der Waals surface area (Å²) < 4.78 is 5.27. The molecule has 2 atom stereocenters. The van der Waals surface area contributed by atoms with Gasteiger partial charge in [0.15, 0.2) is 0 Å². The van der Waals surface area contributed by atoms with Crippen LogP contribution in [0.15, 0.2) is 24.3 Å². The van der Waals surface area contributed by atoms with Gasteiger partial charge in [0, 0.05) is 18.7 Å². The largest absolute Gasteiger partial charge is 0.496 e. The summed E-state index contributed by atoms with van der Waals surface area (Å²) in [6.07, 6.45) is 1.79. The van der Waals surface area contributed by atoms with E-state index in [0.717, 1.165) is 36.2 Å². The molecule has 0 N–H and O–H groups in total. The van der Waals surface area contributed by atoms with Crippen LogP contribution >= 0.6 is 0 Å². The van der Waals surface area contributed by atoms with Crippen molar-refractivity contribution < 1.29 is 9.53 Å². The van der Waals surface area contributed by atoms with Crippen LogP contribution in [0.2, 0.25) is 0 Å². The number of rotatable bonds is 3. The van der Waals surface area contributed by atoms with Crippen LogP contribution in [0.4, 0.5) is 0 Å². The van der Waals surface area contributed by atoms with Gasteiger partial charge in [0.05, 0.1) is 13.5 Å². The van der Waals surface area contributed by atoms with Gasteiger partial charge < -0.3 is 9.64 Å². The van der Waals surface area contributed by atoms with Crippen molar-refractivity contribution in [2.45, 2.75) is 12.8 Å². The quantitative estimate of drug-likeness (QED) is 0.792. The van der Waals surface area contributed by atoms with Crippen LogP contribution in [0, 0.1) is 11.8 Å². The lowest BCUT2D eigenvalue weighted by Crippen LogP contribution is -2.31. The normalized spacial score (nSPS) is 25.6. The molecular weight excluding hydrogens is 214 g/mol. The lowest BCUT2D eigenvalue weighted by Gasteiger charge is -2.18. The van der Waals surface area contributed by atoms with Crippen LogP contribution in [0.5, 0.6) is 5.75 Å². The Morgan fingerprint density at radius 1 is 1.35 bits per heavy atom. The zero-order chi connectivity index (χ0) is 11.8. The van der Waals surface area contributed by atoms with Crippen molar-refractivity contribution in [2.75, 3.05) is 20.2 Å². The van der Waals surface area contributed by atoms with Crippen molar-refractivity contribution in [3.63, 3.8) is 0 Å². The average Bonchev–Trinajstić information content (AvgIpc) is 2.96. The van der Waals surface area contributed by atoms with Gasteiger partial charge in [-0.25, -0.2) is 0 Å².